The van der Waals surface area contributed by atoms with Gasteiger partial charge in [0, 0.05) is 5.56 Å². The minimum Gasteiger partial charge on any atom is -0.545 e. The molecule has 0 aliphatic carbocycles. The molecule has 3 aromatic rings. The number of methoxy groups -OCH3 is 1. The molecule has 1 aromatic heterocycles. The Labute approximate surface area is 149 Å². The van der Waals surface area contributed by atoms with Gasteiger partial charge in [0.25, 0.3) is 5.95 Å². The van der Waals surface area contributed by atoms with Crippen LogP contribution in [-0.2, 0) is 0 Å². The van der Waals surface area contributed by atoms with Gasteiger partial charge in [0.2, 0.25) is 0 Å². The van der Waals surface area contributed by atoms with Crippen molar-refractivity contribution < 1.29 is 14.6 Å². The maximum atomic E-state index is 10.7. The molecule has 0 amide bonds. The Hall–Kier alpha value is -3.81. The number of nitrogens with zero attached hydrogens (tertiary/aromatic N) is 4. The fourth-order valence-corrected chi connectivity index (χ4v) is 2.12. The normalized spacial score (nSPS) is 10.7. The van der Waals surface area contributed by atoms with Crippen molar-refractivity contribution in [2.24, 2.45) is 5.10 Å². The Kier molecular flexibility index (Phi) is 5.14. The molecule has 8 heteroatoms. The first-order valence-corrected chi connectivity index (χ1v) is 7.60. The zero-order valence-corrected chi connectivity index (χ0v) is 13.8. The number of hydrogen-bond acceptors (Lipinski definition) is 8. The number of benzene rings is 2. The predicted octanol–water partition coefficient (Wildman–Crippen LogP) is 1.36. The van der Waals surface area contributed by atoms with Crippen LogP contribution in [-0.4, -0.2) is 34.5 Å². The van der Waals surface area contributed by atoms with Crippen molar-refractivity contribution >= 4 is 18.1 Å². The van der Waals surface area contributed by atoms with Gasteiger partial charge in [0.15, 0.2) is 0 Å². The maximum absolute atomic E-state index is 10.7. The highest BCUT2D eigenvalue weighted by Gasteiger charge is 2.03. The lowest BCUT2D eigenvalue weighted by atomic mass is 10.1. The van der Waals surface area contributed by atoms with E-state index < -0.39 is 5.97 Å². The zero-order valence-electron chi connectivity index (χ0n) is 13.8. The molecule has 1 heterocycles. The molecule has 130 valence electrons. The summed E-state index contributed by atoms with van der Waals surface area (Å²) in [5, 5.41) is 22.5. The first-order valence-electron chi connectivity index (χ1n) is 7.60. The number of nitrogens with one attached hydrogen (secondary N) is 1. The number of aromatic carboxylic acids is 1. The number of carbonyl (C=O) groups excluding carboxylic acids is 1. The van der Waals surface area contributed by atoms with Gasteiger partial charge in [-0.2, -0.15) is 10.2 Å². The monoisotopic (exact) mass is 348 g/mol. The van der Waals surface area contributed by atoms with Crippen LogP contribution >= 0.6 is 0 Å². The number of rotatable bonds is 6. The van der Waals surface area contributed by atoms with E-state index in [1.54, 1.807) is 25.4 Å². The molecule has 26 heavy (non-hydrogen) atoms. The number of carbonyl (C=O) groups is 1. The van der Waals surface area contributed by atoms with Crippen molar-refractivity contribution in [1.82, 2.24) is 15.2 Å². The topological polar surface area (TPSA) is 112 Å². The predicted molar refractivity (Wildman–Crippen MR) is 93.8 cm³/mol. The number of aromatic nitrogens is 3. The fraction of sp³-hybridized carbons (Fsp3) is 0.0556. The molecule has 0 atom stereocenters. The summed E-state index contributed by atoms with van der Waals surface area (Å²) in [6.07, 6.45) is 3.07. The average Bonchev–Trinajstić information content (AvgIpc) is 2.69. The smallest absolute Gasteiger partial charge is 0.263 e. The Morgan fingerprint density at radius 3 is 2.54 bits per heavy atom. The largest absolute Gasteiger partial charge is 0.545 e. The summed E-state index contributed by atoms with van der Waals surface area (Å²) in [6, 6.07) is 13.5. The third kappa shape index (κ3) is 4.18. The lowest BCUT2D eigenvalue weighted by Gasteiger charge is -2.04. The van der Waals surface area contributed by atoms with Crippen LogP contribution in [0, 0.1) is 0 Å². The summed E-state index contributed by atoms with van der Waals surface area (Å²) < 4.78 is 5.13. The van der Waals surface area contributed by atoms with Crippen molar-refractivity contribution in [3.8, 4) is 17.0 Å². The molecule has 0 unspecified atom stereocenters. The molecule has 0 radical (unpaired) electrons. The van der Waals surface area contributed by atoms with Crippen LogP contribution in [0.15, 0.2) is 59.8 Å². The molecule has 0 saturated carbocycles. The van der Waals surface area contributed by atoms with Crippen LogP contribution in [0.3, 0.4) is 0 Å². The Balaban J connectivity index is 1.69. The summed E-state index contributed by atoms with van der Waals surface area (Å²) in [6.45, 7) is 0. The molecule has 0 aliphatic rings. The molecule has 3 rings (SSSR count). The number of anilines is 1. The molecule has 2 aromatic carbocycles. The quantitative estimate of drug-likeness (QED) is 0.528. The number of carboxylic acids is 1. The molecule has 0 saturated heterocycles. The van der Waals surface area contributed by atoms with E-state index in [0.29, 0.717) is 11.3 Å². The first-order chi connectivity index (χ1) is 12.7. The van der Waals surface area contributed by atoms with E-state index >= 15 is 0 Å². The van der Waals surface area contributed by atoms with Crippen LogP contribution in [0.4, 0.5) is 5.95 Å². The van der Waals surface area contributed by atoms with E-state index in [2.05, 4.69) is 25.7 Å². The van der Waals surface area contributed by atoms with E-state index in [9.17, 15) is 9.90 Å². The van der Waals surface area contributed by atoms with Gasteiger partial charge in [-0.1, -0.05) is 24.3 Å². The van der Waals surface area contributed by atoms with Gasteiger partial charge in [0.1, 0.15) is 5.75 Å². The number of carboxylic acid groups (broad SMARTS) is 1. The second-order valence-corrected chi connectivity index (χ2v) is 5.17. The van der Waals surface area contributed by atoms with Gasteiger partial charge in [-0.15, -0.1) is 5.10 Å². The summed E-state index contributed by atoms with van der Waals surface area (Å²) in [5.74, 6) is -0.231. The summed E-state index contributed by atoms with van der Waals surface area (Å²) >= 11 is 0. The Morgan fingerprint density at radius 1 is 1.15 bits per heavy atom. The van der Waals surface area contributed by atoms with E-state index in [1.165, 1.54) is 18.3 Å². The summed E-state index contributed by atoms with van der Waals surface area (Å²) in [4.78, 5) is 15.1. The van der Waals surface area contributed by atoms with Crippen molar-refractivity contribution in [1.29, 1.82) is 0 Å². The van der Waals surface area contributed by atoms with Crippen molar-refractivity contribution in [3.05, 3.63) is 65.9 Å². The Morgan fingerprint density at radius 2 is 1.88 bits per heavy atom. The lowest BCUT2D eigenvalue weighted by Crippen LogP contribution is -2.21. The van der Waals surface area contributed by atoms with Gasteiger partial charge < -0.3 is 14.6 Å². The summed E-state index contributed by atoms with van der Waals surface area (Å²) in [5.41, 5.74) is 5.01. The number of ether oxygens (including phenoxy) is 1. The van der Waals surface area contributed by atoms with Crippen molar-refractivity contribution in [3.63, 3.8) is 0 Å². The van der Waals surface area contributed by atoms with Gasteiger partial charge in [-0.05, 0) is 35.4 Å². The van der Waals surface area contributed by atoms with E-state index in [-0.39, 0.29) is 11.5 Å². The van der Waals surface area contributed by atoms with Gasteiger partial charge in [-0.25, -0.2) is 10.4 Å². The molecule has 0 bridgehead atoms. The highest BCUT2D eigenvalue weighted by Crippen LogP contribution is 2.20. The molecule has 0 aliphatic heterocycles. The van der Waals surface area contributed by atoms with Gasteiger partial charge in [-0.3, -0.25) is 0 Å². The molecule has 0 fully saturated rings. The van der Waals surface area contributed by atoms with Crippen LogP contribution in [0.5, 0.6) is 5.75 Å². The Bertz CT molecular complexity index is 924. The standard InChI is InChI=1S/C18H15N5O3/c1-26-15-8-6-13(7-9-15)16-11-20-23-18(21-16)22-19-10-12-2-4-14(5-3-12)17(24)25/h2-11H,1H3,(H,24,25)(H,21,22,23)/p-1/b19-10-. The second kappa shape index (κ2) is 7.84. The highest BCUT2D eigenvalue weighted by molar-refractivity contribution is 5.87. The van der Waals surface area contributed by atoms with Crippen LogP contribution in [0.1, 0.15) is 15.9 Å². The second-order valence-electron chi connectivity index (χ2n) is 5.17. The molecular formula is C18H14N5O3-. The highest BCUT2D eigenvalue weighted by atomic mass is 16.5. The average molecular weight is 348 g/mol. The zero-order chi connectivity index (χ0) is 18.4. The van der Waals surface area contributed by atoms with Crippen LogP contribution < -0.4 is 15.3 Å². The third-order valence-electron chi connectivity index (χ3n) is 3.47. The minimum atomic E-state index is -1.22. The van der Waals surface area contributed by atoms with Crippen LogP contribution in [0.25, 0.3) is 11.3 Å². The van der Waals surface area contributed by atoms with Gasteiger partial charge >= 0.3 is 0 Å². The SMILES string of the molecule is COc1ccc(-c2cnnc(N/N=C\c3ccc(C(=O)[O-])cc3)n2)cc1. The maximum Gasteiger partial charge on any atom is 0.263 e. The minimum absolute atomic E-state index is 0.106. The third-order valence-corrected chi connectivity index (χ3v) is 3.47. The van der Waals surface area contributed by atoms with E-state index in [4.69, 9.17) is 4.74 Å². The van der Waals surface area contributed by atoms with Crippen molar-refractivity contribution in [2.75, 3.05) is 12.5 Å². The number of hydrazone groups is 1. The molecule has 1 N–H and O–H groups in total. The fourth-order valence-electron chi connectivity index (χ4n) is 2.12. The van der Waals surface area contributed by atoms with Gasteiger partial charge in [0.05, 0.1) is 31.2 Å². The van der Waals surface area contributed by atoms with E-state index in [0.717, 1.165) is 11.3 Å². The molecule has 0 spiro atoms. The van der Waals surface area contributed by atoms with Crippen LogP contribution in [0.2, 0.25) is 0 Å². The molecular weight excluding hydrogens is 334 g/mol. The lowest BCUT2D eigenvalue weighted by molar-refractivity contribution is -0.255. The van der Waals surface area contributed by atoms with E-state index in [1.807, 2.05) is 24.3 Å². The van der Waals surface area contributed by atoms with Crippen molar-refractivity contribution in [2.45, 2.75) is 0 Å². The number of hydrogen-bond donors (Lipinski definition) is 1. The first kappa shape index (κ1) is 17.0. The molecule has 8 nitrogen and oxygen atoms in total. The summed E-state index contributed by atoms with van der Waals surface area (Å²) in [7, 11) is 1.60.